The van der Waals surface area contributed by atoms with Crippen molar-refractivity contribution in [2.45, 2.75) is 12.0 Å². The van der Waals surface area contributed by atoms with Crippen molar-refractivity contribution >= 4 is 0 Å². The van der Waals surface area contributed by atoms with Crippen molar-refractivity contribution in [1.82, 2.24) is 0 Å². The Morgan fingerprint density at radius 1 is 0.941 bits per heavy atom. The van der Waals surface area contributed by atoms with Gasteiger partial charge in [-0.05, 0) is 28.7 Å². The molecule has 0 saturated carbocycles. The van der Waals surface area contributed by atoms with Crippen molar-refractivity contribution in [3.8, 4) is 11.1 Å². The monoisotopic (exact) mass is 221 g/mol. The molecule has 0 saturated heterocycles. The van der Waals surface area contributed by atoms with Crippen LogP contribution in [0.5, 0.6) is 0 Å². The molecule has 84 valence electrons. The molecule has 0 atom stereocenters. The van der Waals surface area contributed by atoms with E-state index < -0.39 is 5.54 Å². The smallest absolute Gasteiger partial charge is 0.0712 e. The van der Waals surface area contributed by atoms with Gasteiger partial charge in [-0.15, -0.1) is 6.58 Å². The fourth-order valence-electron chi connectivity index (χ4n) is 2.81. The van der Waals surface area contributed by atoms with Crippen LogP contribution >= 0.6 is 0 Å². The number of nitrogens with two attached hydrogens (primary N) is 1. The van der Waals surface area contributed by atoms with E-state index in [2.05, 4.69) is 55.1 Å². The minimum atomic E-state index is -0.408. The average Bonchev–Trinajstić information content (AvgIpc) is 2.62. The number of hydrogen-bond donors (Lipinski definition) is 1. The lowest BCUT2D eigenvalue weighted by Crippen LogP contribution is -2.35. The predicted octanol–water partition coefficient (Wildman–Crippen LogP) is 3.45. The third-order valence-electron chi connectivity index (χ3n) is 3.57. The Balaban J connectivity index is 2.34. The summed E-state index contributed by atoms with van der Waals surface area (Å²) in [5.41, 5.74) is 11.1. The van der Waals surface area contributed by atoms with Crippen LogP contribution in [-0.2, 0) is 5.54 Å². The molecule has 0 bridgehead atoms. The van der Waals surface area contributed by atoms with E-state index in [1.807, 2.05) is 6.08 Å². The second-order valence-electron chi connectivity index (χ2n) is 4.56. The second-order valence-corrected chi connectivity index (χ2v) is 4.56. The van der Waals surface area contributed by atoms with Gasteiger partial charge in [-0.2, -0.15) is 0 Å². The topological polar surface area (TPSA) is 26.0 Å². The maximum atomic E-state index is 6.62. The van der Waals surface area contributed by atoms with Crippen molar-refractivity contribution in [1.29, 1.82) is 0 Å². The third kappa shape index (κ3) is 1.29. The Kier molecular flexibility index (Phi) is 2.17. The van der Waals surface area contributed by atoms with E-state index in [1.165, 1.54) is 22.3 Å². The Bertz CT molecular complexity index is 538. The number of fused-ring (bicyclic) bond motifs is 3. The van der Waals surface area contributed by atoms with E-state index in [-0.39, 0.29) is 0 Å². The molecule has 0 unspecified atom stereocenters. The van der Waals surface area contributed by atoms with Crippen LogP contribution in [0.3, 0.4) is 0 Å². The molecule has 0 fully saturated rings. The zero-order valence-electron chi connectivity index (χ0n) is 9.69. The summed E-state index contributed by atoms with van der Waals surface area (Å²) in [5.74, 6) is 0. The van der Waals surface area contributed by atoms with Gasteiger partial charge in [0.05, 0.1) is 5.54 Å². The molecule has 1 aliphatic rings. The van der Waals surface area contributed by atoms with Crippen LogP contribution in [0.1, 0.15) is 17.5 Å². The van der Waals surface area contributed by atoms with E-state index >= 15 is 0 Å². The molecule has 2 aromatic rings. The molecule has 0 spiro atoms. The van der Waals surface area contributed by atoms with Crippen molar-refractivity contribution in [2.24, 2.45) is 5.73 Å². The van der Waals surface area contributed by atoms with E-state index in [0.29, 0.717) is 0 Å². The SMILES string of the molecule is C=CCC1(N)c2ccccc2-c2ccccc21. The molecule has 0 radical (unpaired) electrons. The second kappa shape index (κ2) is 3.57. The molecule has 2 aromatic carbocycles. The fraction of sp³-hybridized carbons (Fsp3) is 0.125. The summed E-state index contributed by atoms with van der Waals surface area (Å²) < 4.78 is 0. The summed E-state index contributed by atoms with van der Waals surface area (Å²) in [4.78, 5) is 0. The van der Waals surface area contributed by atoms with Gasteiger partial charge in [-0.25, -0.2) is 0 Å². The van der Waals surface area contributed by atoms with Crippen LogP contribution in [0.2, 0.25) is 0 Å². The first kappa shape index (κ1) is 10.3. The largest absolute Gasteiger partial charge is 0.317 e. The molecule has 1 aliphatic carbocycles. The first-order chi connectivity index (χ1) is 8.27. The lowest BCUT2D eigenvalue weighted by molar-refractivity contribution is 0.563. The normalized spacial score (nSPS) is 15.1. The Hall–Kier alpha value is -1.86. The number of rotatable bonds is 2. The van der Waals surface area contributed by atoms with Gasteiger partial charge in [0.1, 0.15) is 0 Å². The predicted molar refractivity (Wildman–Crippen MR) is 71.7 cm³/mol. The maximum absolute atomic E-state index is 6.62. The van der Waals surface area contributed by atoms with Crippen molar-refractivity contribution in [3.63, 3.8) is 0 Å². The molecule has 1 heteroatoms. The van der Waals surface area contributed by atoms with Crippen molar-refractivity contribution in [3.05, 3.63) is 72.3 Å². The number of benzene rings is 2. The standard InChI is InChI=1S/C16H15N/c1-2-11-16(17)14-9-5-3-7-12(14)13-8-4-6-10-15(13)16/h2-10H,1,11,17H2. The first-order valence-electron chi connectivity index (χ1n) is 5.86. The van der Waals surface area contributed by atoms with Gasteiger partial charge in [0.2, 0.25) is 0 Å². The molecule has 2 N–H and O–H groups in total. The van der Waals surface area contributed by atoms with E-state index in [9.17, 15) is 0 Å². The lowest BCUT2D eigenvalue weighted by atomic mass is 9.85. The molecule has 17 heavy (non-hydrogen) atoms. The summed E-state index contributed by atoms with van der Waals surface area (Å²) in [6, 6.07) is 16.8. The highest BCUT2D eigenvalue weighted by Gasteiger charge is 2.38. The molecule has 0 aromatic heterocycles. The highest BCUT2D eigenvalue weighted by atomic mass is 14.8. The van der Waals surface area contributed by atoms with Gasteiger partial charge >= 0.3 is 0 Å². The van der Waals surface area contributed by atoms with Gasteiger partial charge in [-0.1, -0.05) is 54.6 Å². The minimum Gasteiger partial charge on any atom is -0.317 e. The molecule has 3 rings (SSSR count). The number of hydrogen-bond acceptors (Lipinski definition) is 1. The Morgan fingerprint density at radius 2 is 1.41 bits per heavy atom. The van der Waals surface area contributed by atoms with Crippen LogP contribution in [0.15, 0.2) is 61.2 Å². The zero-order chi connectivity index (χ0) is 11.9. The van der Waals surface area contributed by atoms with E-state index in [4.69, 9.17) is 5.73 Å². The molecule has 1 nitrogen and oxygen atoms in total. The lowest BCUT2D eigenvalue weighted by Gasteiger charge is -2.25. The van der Waals surface area contributed by atoms with Crippen LogP contribution in [-0.4, -0.2) is 0 Å². The van der Waals surface area contributed by atoms with Gasteiger partial charge < -0.3 is 5.73 Å². The highest BCUT2D eigenvalue weighted by molar-refractivity contribution is 5.80. The fourth-order valence-corrected chi connectivity index (χ4v) is 2.81. The Labute approximate surface area is 102 Å². The zero-order valence-corrected chi connectivity index (χ0v) is 9.69. The third-order valence-corrected chi connectivity index (χ3v) is 3.57. The maximum Gasteiger partial charge on any atom is 0.0712 e. The summed E-state index contributed by atoms with van der Waals surface area (Å²) in [5, 5.41) is 0. The highest BCUT2D eigenvalue weighted by Crippen LogP contribution is 2.47. The quantitative estimate of drug-likeness (QED) is 0.772. The van der Waals surface area contributed by atoms with Crippen LogP contribution in [0, 0.1) is 0 Å². The minimum absolute atomic E-state index is 0.408. The first-order valence-corrected chi connectivity index (χ1v) is 5.86. The molecular formula is C16H15N. The van der Waals surface area contributed by atoms with Gasteiger partial charge in [0, 0.05) is 0 Å². The average molecular weight is 221 g/mol. The summed E-state index contributed by atoms with van der Waals surface area (Å²) in [6.45, 7) is 3.84. The molecule has 0 aliphatic heterocycles. The van der Waals surface area contributed by atoms with Crippen LogP contribution in [0.25, 0.3) is 11.1 Å². The van der Waals surface area contributed by atoms with Crippen molar-refractivity contribution in [2.75, 3.05) is 0 Å². The Morgan fingerprint density at radius 3 is 1.88 bits per heavy atom. The van der Waals surface area contributed by atoms with E-state index in [0.717, 1.165) is 6.42 Å². The summed E-state index contributed by atoms with van der Waals surface area (Å²) in [6.07, 6.45) is 2.67. The van der Waals surface area contributed by atoms with Crippen LogP contribution < -0.4 is 5.73 Å². The summed E-state index contributed by atoms with van der Waals surface area (Å²) in [7, 11) is 0. The van der Waals surface area contributed by atoms with E-state index in [1.54, 1.807) is 0 Å². The van der Waals surface area contributed by atoms with Gasteiger partial charge in [0.25, 0.3) is 0 Å². The molecule has 0 amide bonds. The van der Waals surface area contributed by atoms with Crippen LogP contribution in [0.4, 0.5) is 0 Å². The van der Waals surface area contributed by atoms with Gasteiger partial charge in [-0.3, -0.25) is 0 Å². The molecule has 0 heterocycles. The van der Waals surface area contributed by atoms with Crippen molar-refractivity contribution < 1.29 is 0 Å². The van der Waals surface area contributed by atoms with Gasteiger partial charge in [0.15, 0.2) is 0 Å². The summed E-state index contributed by atoms with van der Waals surface area (Å²) >= 11 is 0. The molecular weight excluding hydrogens is 206 g/mol.